The van der Waals surface area contributed by atoms with Crippen molar-refractivity contribution >= 4 is 34.6 Å². The molecule has 3 rings (SSSR count). The van der Waals surface area contributed by atoms with Gasteiger partial charge >= 0.3 is 11.9 Å². The topological polar surface area (TPSA) is 119 Å². The molecular formula is C22H26N2O7S. The van der Waals surface area contributed by atoms with Crippen molar-refractivity contribution in [3.63, 3.8) is 0 Å². The highest BCUT2D eigenvalue weighted by Gasteiger charge is 2.57. The molecule has 0 aliphatic carbocycles. The fraction of sp³-hybridized carbons (Fsp3) is 0.455. The molecule has 10 heteroatoms. The summed E-state index contributed by atoms with van der Waals surface area (Å²) in [5, 5.41) is 1.74. The average Bonchev–Trinajstić information content (AvgIpc) is 2.69. The first-order valence-electron chi connectivity index (χ1n) is 10.1. The van der Waals surface area contributed by atoms with Crippen molar-refractivity contribution in [1.29, 1.82) is 0 Å². The molecular weight excluding hydrogens is 436 g/mol. The third kappa shape index (κ3) is 5.24. The predicted molar refractivity (Wildman–Crippen MR) is 115 cm³/mol. The van der Waals surface area contributed by atoms with Gasteiger partial charge in [-0.05, 0) is 26.3 Å². The zero-order valence-corrected chi connectivity index (χ0v) is 19.2. The minimum Gasteiger partial charge on any atom is -0.461 e. The van der Waals surface area contributed by atoms with Gasteiger partial charge in [-0.2, -0.15) is 0 Å². The Morgan fingerprint density at radius 3 is 2.44 bits per heavy atom. The first-order valence-corrected chi connectivity index (χ1v) is 11.5. The maximum atomic E-state index is 12.9. The van der Waals surface area contributed by atoms with E-state index in [1.54, 1.807) is 45.0 Å². The van der Waals surface area contributed by atoms with E-state index < -0.39 is 45.7 Å². The lowest BCUT2D eigenvalue weighted by Gasteiger charge is -2.49. The lowest BCUT2D eigenvalue weighted by molar-refractivity contribution is -0.159. The molecule has 2 aliphatic heterocycles. The second kappa shape index (κ2) is 9.23. The number of nitrogens with one attached hydrogen (secondary N) is 1. The first-order chi connectivity index (χ1) is 15.0. The van der Waals surface area contributed by atoms with E-state index in [1.807, 2.05) is 6.07 Å². The quantitative estimate of drug-likeness (QED) is 0.491. The van der Waals surface area contributed by atoms with Crippen molar-refractivity contribution < 1.29 is 32.9 Å². The van der Waals surface area contributed by atoms with E-state index >= 15 is 0 Å². The van der Waals surface area contributed by atoms with Crippen molar-refractivity contribution in [3.8, 4) is 0 Å². The molecule has 0 radical (unpaired) electrons. The molecule has 172 valence electrons. The Morgan fingerprint density at radius 2 is 1.84 bits per heavy atom. The van der Waals surface area contributed by atoms with Gasteiger partial charge in [-0.15, -0.1) is 0 Å². The highest BCUT2D eigenvalue weighted by molar-refractivity contribution is 7.86. The molecule has 3 atom stereocenters. The number of fused-ring (bicyclic) bond motifs is 1. The molecule has 1 aromatic rings. The lowest BCUT2D eigenvalue weighted by Crippen LogP contribution is -2.74. The normalized spacial score (nSPS) is 22.6. The molecule has 0 saturated carbocycles. The van der Waals surface area contributed by atoms with Crippen LogP contribution in [0.2, 0.25) is 0 Å². The van der Waals surface area contributed by atoms with Crippen LogP contribution in [0, 0.1) is 0 Å². The van der Waals surface area contributed by atoms with Crippen LogP contribution >= 0.6 is 0 Å². The van der Waals surface area contributed by atoms with Crippen LogP contribution in [0.15, 0.2) is 41.6 Å². The number of benzene rings is 1. The summed E-state index contributed by atoms with van der Waals surface area (Å²) in [6.07, 6.45) is 0.0659. The smallest absolute Gasteiger partial charge is 0.355 e. The Labute approximate surface area is 188 Å². The van der Waals surface area contributed by atoms with E-state index in [1.165, 1.54) is 6.92 Å². The number of β-lactam (4-membered cyclic amide) rings is 1. The number of nitrogens with zero attached hydrogens (tertiary/aromatic N) is 1. The fourth-order valence-electron chi connectivity index (χ4n) is 3.47. The van der Waals surface area contributed by atoms with Gasteiger partial charge < -0.3 is 14.8 Å². The number of hydrogen-bond acceptors (Lipinski definition) is 7. The molecule has 1 N–H and O–H groups in total. The molecule has 0 aromatic heterocycles. The minimum absolute atomic E-state index is 0.0659. The van der Waals surface area contributed by atoms with Crippen LogP contribution in [0.3, 0.4) is 0 Å². The maximum absolute atomic E-state index is 12.9. The monoisotopic (exact) mass is 462 g/mol. The number of ether oxygens (including phenoxy) is 2. The average molecular weight is 463 g/mol. The van der Waals surface area contributed by atoms with Gasteiger partial charge in [0.05, 0.1) is 23.0 Å². The van der Waals surface area contributed by atoms with E-state index in [4.69, 9.17) is 9.47 Å². The van der Waals surface area contributed by atoms with Crippen LogP contribution in [0.4, 0.5) is 0 Å². The van der Waals surface area contributed by atoms with Crippen molar-refractivity contribution in [3.05, 3.63) is 47.2 Å². The summed E-state index contributed by atoms with van der Waals surface area (Å²) >= 11 is 0. The zero-order valence-electron chi connectivity index (χ0n) is 18.4. The van der Waals surface area contributed by atoms with Gasteiger partial charge in [0.1, 0.15) is 29.3 Å². The highest BCUT2D eigenvalue weighted by Crippen LogP contribution is 2.36. The molecule has 0 bridgehead atoms. The van der Waals surface area contributed by atoms with Gasteiger partial charge in [0, 0.05) is 12.5 Å². The molecule has 1 fully saturated rings. The zero-order chi connectivity index (χ0) is 23.6. The first kappa shape index (κ1) is 23.6. The van der Waals surface area contributed by atoms with Gasteiger partial charge in [0.15, 0.2) is 0 Å². The number of hydrogen-bond donors (Lipinski definition) is 1. The second-order valence-electron chi connectivity index (χ2n) is 8.57. The lowest BCUT2D eigenvalue weighted by atomic mass is 10.0. The molecule has 32 heavy (non-hydrogen) atoms. The molecule has 0 unspecified atom stereocenters. The summed E-state index contributed by atoms with van der Waals surface area (Å²) in [6, 6.07) is 8.00. The SMILES string of the molecule is CC(=O)OCC1=C(C(=O)OC(C)(C)C)N2C(=O)[C@@H](NC(=O)Cc3ccccc3)[C@@H]2[S@@](=O)C1. The largest absolute Gasteiger partial charge is 0.461 e. The predicted octanol–water partition coefficient (Wildman–Crippen LogP) is 0.803. The van der Waals surface area contributed by atoms with Gasteiger partial charge in [-0.3, -0.25) is 23.5 Å². The van der Waals surface area contributed by atoms with Gasteiger partial charge in [0.25, 0.3) is 5.91 Å². The van der Waals surface area contributed by atoms with Gasteiger partial charge in [0.2, 0.25) is 5.91 Å². The van der Waals surface area contributed by atoms with Crippen LogP contribution in [-0.4, -0.2) is 62.2 Å². The standard InChI is InChI=1S/C22H26N2O7S/c1-13(25)30-11-15-12-32(29)20-17(23-16(26)10-14-8-6-5-7-9-14)19(27)24(20)18(15)21(28)31-22(2,3)4/h5-9,17,20H,10-12H2,1-4H3,(H,23,26)/t17-,20+,32+/m1/s1. The number of amides is 2. The van der Waals surface area contributed by atoms with E-state index in [-0.39, 0.29) is 36.0 Å². The molecule has 1 saturated heterocycles. The van der Waals surface area contributed by atoms with E-state index in [0.29, 0.717) is 0 Å². The number of carbonyl (C=O) groups excluding carboxylic acids is 4. The third-order valence-electron chi connectivity index (χ3n) is 4.77. The van der Waals surface area contributed by atoms with Gasteiger partial charge in [-0.25, -0.2) is 4.79 Å². The number of esters is 2. The Kier molecular flexibility index (Phi) is 6.82. The number of carbonyl (C=O) groups is 4. The summed E-state index contributed by atoms with van der Waals surface area (Å²) in [4.78, 5) is 50.6. The second-order valence-corrected chi connectivity index (χ2v) is 10.1. The van der Waals surface area contributed by atoms with Crippen LogP contribution in [-0.2, 0) is 45.9 Å². The van der Waals surface area contributed by atoms with Crippen molar-refractivity contribution in [2.45, 2.75) is 51.1 Å². The molecule has 2 amide bonds. The maximum Gasteiger partial charge on any atom is 0.355 e. The van der Waals surface area contributed by atoms with Crippen LogP contribution in [0.25, 0.3) is 0 Å². The molecule has 2 aliphatic rings. The van der Waals surface area contributed by atoms with Gasteiger partial charge in [-0.1, -0.05) is 30.3 Å². The highest BCUT2D eigenvalue weighted by atomic mass is 32.2. The van der Waals surface area contributed by atoms with Crippen molar-refractivity contribution in [2.75, 3.05) is 12.4 Å². The van der Waals surface area contributed by atoms with Crippen LogP contribution in [0.5, 0.6) is 0 Å². The van der Waals surface area contributed by atoms with E-state index in [9.17, 15) is 23.4 Å². The van der Waals surface area contributed by atoms with Crippen LogP contribution < -0.4 is 5.32 Å². The summed E-state index contributed by atoms with van der Waals surface area (Å²) in [5.41, 5.74) is 0.104. The molecule has 0 spiro atoms. The summed E-state index contributed by atoms with van der Waals surface area (Å²) in [5.74, 6) is -2.38. The van der Waals surface area contributed by atoms with E-state index in [0.717, 1.165) is 10.5 Å². The Hall–Kier alpha value is -3.01. The Balaban J connectivity index is 1.82. The molecule has 1 aromatic carbocycles. The Bertz CT molecular complexity index is 997. The molecule has 2 heterocycles. The van der Waals surface area contributed by atoms with E-state index in [2.05, 4.69) is 5.32 Å². The third-order valence-corrected chi connectivity index (χ3v) is 6.43. The summed E-state index contributed by atoms with van der Waals surface area (Å²) < 4.78 is 23.3. The Morgan fingerprint density at radius 1 is 1.19 bits per heavy atom. The minimum atomic E-state index is -1.61. The van der Waals surface area contributed by atoms with Crippen molar-refractivity contribution in [1.82, 2.24) is 10.2 Å². The summed E-state index contributed by atoms with van der Waals surface area (Å²) in [7, 11) is -1.61. The van der Waals surface area contributed by atoms with Crippen molar-refractivity contribution in [2.24, 2.45) is 0 Å². The fourth-order valence-corrected chi connectivity index (χ4v) is 5.14. The summed E-state index contributed by atoms with van der Waals surface area (Å²) in [6.45, 7) is 5.97. The molecule has 9 nitrogen and oxygen atoms in total. The van der Waals surface area contributed by atoms with Crippen LogP contribution in [0.1, 0.15) is 33.3 Å². The number of rotatable bonds is 6.